The lowest BCUT2D eigenvalue weighted by atomic mass is 10.5. The van der Waals surface area contributed by atoms with Crippen molar-refractivity contribution < 1.29 is 22.3 Å². The monoisotopic (exact) mass is 297 g/mol. The molecule has 19 heavy (non-hydrogen) atoms. The number of nitrogens with zero attached hydrogens (tertiary/aromatic N) is 1. The Labute approximate surface area is 117 Å². The fourth-order valence-corrected chi connectivity index (χ4v) is 0.906. The van der Waals surface area contributed by atoms with E-state index in [1.54, 1.807) is 12.2 Å². The summed E-state index contributed by atoms with van der Waals surface area (Å²) in [5.41, 5.74) is 0. The average molecular weight is 297 g/mol. The predicted molar refractivity (Wildman–Crippen MR) is 78.9 cm³/mol. The summed E-state index contributed by atoms with van der Waals surface area (Å²) in [6, 6.07) is 0. The first-order valence-corrected chi connectivity index (χ1v) is 7.38. The number of hydrogen-bond acceptors (Lipinski definition) is 4. The smallest absolute Gasteiger partial charge is 0.373 e. The van der Waals surface area contributed by atoms with Gasteiger partial charge in [-0.3, -0.25) is 9.11 Å². The molecule has 0 aromatic heterocycles. The highest BCUT2D eigenvalue weighted by molar-refractivity contribution is 7.79. The Morgan fingerprint density at radius 2 is 1.26 bits per heavy atom. The Morgan fingerprint density at radius 3 is 1.37 bits per heavy atom. The van der Waals surface area contributed by atoms with Crippen LogP contribution in [-0.2, 0) is 15.1 Å². The third-order valence-corrected chi connectivity index (χ3v) is 1.81. The van der Waals surface area contributed by atoms with Crippen LogP contribution in [0.4, 0.5) is 0 Å². The Bertz CT molecular complexity index is 265. The average Bonchev–Trinajstić information content (AvgIpc) is 2.31. The number of rotatable bonds is 7. The molecule has 0 aromatic rings. The van der Waals surface area contributed by atoms with Crippen molar-refractivity contribution in [2.45, 2.75) is 20.8 Å². The lowest BCUT2D eigenvalue weighted by Crippen LogP contribution is -2.21. The van der Waals surface area contributed by atoms with E-state index in [0.717, 1.165) is 0 Å². The summed E-state index contributed by atoms with van der Waals surface area (Å²) in [6.07, 6.45) is 3.42. The Hall–Kier alpha value is -0.730. The fraction of sp³-hybridized carbons (Fsp3) is 0.667. The fourth-order valence-electron chi connectivity index (χ4n) is 0.906. The van der Waals surface area contributed by atoms with E-state index < -0.39 is 10.4 Å². The molecule has 2 N–H and O–H groups in total. The molecule has 0 aromatic carbocycles. The van der Waals surface area contributed by atoms with Gasteiger partial charge >= 0.3 is 10.4 Å². The SMILES string of the molecule is C=CCOCC=C.CCN(CC)CC.O=S(=O)(O)O. The summed E-state index contributed by atoms with van der Waals surface area (Å²) in [5, 5.41) is 0. The summed E-state index contributed by atoms with van der Waals surface area (Å²) in [7, 11) is -4.67. The van der Waals surface area contributed by atoms with Crippen molar-refractivity contribution in [3.63, 3.8) is 0 Å². The van der Waals surface area contributed by atoms with Crippen LogP contribution in [-0.4, -0.2) is 55.3 Å². The molecular weight excluding hydrogens is 270 g/mol. The van der Waals surface area contributed by atoms with E-state index in [0.29, 0.717) is 13.2 Å². The van der Waals surface area contributed by atoms with Gasteiger partial charge in [-0.05, 0) is 19.6 Å². The third-order valence-electron chi connectivity index (χ3n) is 1.81. The van der Waals surface area contributed by atoms with Crippen LogP contribution in [0.2, 0.25) is 0 Å². The lowest BCUT2D eigenvalue weighted by Gasteiger charge is -2.13. The minimum atomic E-state index is -4.67. The van der Waals surface area contributed by atoms with Crippen molar-refractivity contribution in [2.75, 3.05) is 32.8 Å². The molecule has 0 spiro atoms. The van der Waals surface area contributed by atoms with E-state index in [1.807, 2.05) is 0 Å². The molecule has 0 aliphatic rings. The molecule has 0 aliphatic heterocycles. The summed E-state index contributed by atoms with van der Waals surface area (Å²) >= 11 is 0. The molecule has 0 bridgehead atoms. The molecule has 0 heterocycles. The topological polar surface area (TPSA) is 87.1 Å². The maximum Gasteiger partial charge on any atom is 0.394 e. The van der Waals surface area contributed by atoms with Crippen LogP contribution in [0, 0.1) is 0 Å². The van der Waals surface area contributed by atoms with Gasteiger partial charge in [-0.1, -0.05) is 32.9 Å². The summed E-state index contributed by atoms with van der Waals surface area (Å²) in [5.74, 6) is 0. The van der Waals surface area contributed by atoms with E-state index in [1.165, 1.54) is 19.6 Å². The van der Waals surface area contributed by atoms with Gasteiger partial charge in [0.05, 0.1) is 13.2 Å². The Balaban J connectivity index is -0.000000206. The molecule has 0 rings (SSSR count). The van der Waals surface area contributed by atoms with Gasteiger partial charge in [0.15, 0.2) is 0 Å². The van der Waals surface area contributed by atoms with Crippen molar-refractivity contribution in [1.29, 1.82) is 0 Å². The molecule has 116 valence electrons. The van der Waals surface area contributed by atoms with E-state index in [9.17, 15) is 0 Å². The molecule has 0 radical (unpaired) electrons. The van der Waals surface area contributed by atoms with Crippen molar-refractivity contribution in [1.82, 2.24) is 4.90 Å². The van der Waals surface area contributed by atoms with Gasteiger partial charge in [0.25, 0.3) is 0 Å². The maximum atomic E-state index is 8.74. The quantitative estimate of drug-likeness (QED) is 0.425. The van der Waals surface area contributed by atoms with Gasteiger partial charge in [0, 0.05) is 0 Å². The second kappa shape index (κ2) is 17.3. The predicted octanol–water partition coefficient (Wildman–Crippen LogP) is 2.07. The zero-order valence-electron chi connectivity index (χ0n) is 12.1. The largest absolute Gasteiger partial charge is 0.394 e. The molecule has 7 heteroatoms. The van der Waals surface area contributed by atoms with Crippen LogP contribution in [0.1, 0.15) is 20.8 Å². The molecule has 0 amide bonds. The van der Waals surface area contributed by atoms with E-state index in [-0.39, 0.29) is 0 Å². The minimum Gasteiger partial charge on any atom is -0.373 e. The van der Waals surface area contributed by atoms with Crippen molar-refractivity contribution in [3.8, 4) is 0 Å². The Morgan fingerprint density at radius 1 is 1.00 bits per heavy atom. The van der Waals surface area contributed by atoms with Crippen LogP contribution >= 0.6 is 0 Å². The van der Waals surface area contributed by atoms with Gasteiger partial charge in [-0.25, -0.2) is 0 Å². The van der Waals surface area contributed by atoms with Crippen LogP contribution in [0.5, 0.6) is 0 Å². The second-order valence-electron chi connectivity index (χ2n) is 3.18. The van der Waals surface area contributed by atoms with E-state index in [2.05, 4.69) is 38.8 Å². The van der Waals surface area contributed by atoms with Crippen molar-refractivity contribution in [3.05, 3.63) is 25.3 Å². The highest BCUT2D eigenvalue weighted by atomic mass is 32.3. The third kappa shape index (κ3) is 46.9. The summed E-state index contributed by atoms with van der Waals surface area (Å²) in [6.45, 7) is 18.3. The molecule has 0 fully saturated rings. The first-order valence-electron chi connectivity index (χ1n) is 5.98. The van der Waals surface area contributed by atoms with Crippen LogP contribution in [0.15, 0.2) is 25.3 Å². The van der Waals surface area contributed by atoms with Crippen LogP contribution in [0.25, 0.3) is 0 Å². The first kappa shape index (κ1) is 23.4. The first-order chi connectivity index (χ1) is 8.76. The highest BCUT2D eigenvalue weighted by Gasteiger charge is 1.89. The van der Waals surface area contributed by atoms with Crippen LogP contribution < -0.4 is 0 Å². The van der Waals surface area contributed by atoms with Gasteiger partial charge in [0.1, 0.15) is 0 Å². The molecule has 0 saturated heterocycles. The van der Waals surface area contributed by atoms with Gasteiger partial charge < -0.3 is 9.64 Å². The second-order valence-corrected chi connectivity index (χ2v) is 4.08. The van der Waals surface area contributed by atoms with Crippen molar-refractivity contribution >= 4 is 10.4 Å². The molecular formula is C12H27NO5S. The standard InChI is InChI=1S/C6H15N.C6H10O.H2O4S/c1-4-7(5-2)6-3;1-3-5-7-6-4-2;1-5(2,3)4/h4-6H2,1-3H3;3-4H,1-2,5-6H2;(H2,1,2,3,4). The van der Waals surface area contributed by atoms with E-state index >= 15 is 0 Å². The summed E-state index contributed by atoms with van der Waals surface area (Å²) < 4.78 is 36.5. The van der Waals surface area contributed by atoms with Crippen molar-refractivity contribution in [2.24, 2.45) is 0 Å². The normalized spacial score (nSPS) is 9.79. The number of ether oxygens (including phenoxy) is 1. The zero-order chi connectivity index (χ0) is 15.7. The minimum absolute atomic E-state index is 0.617. The molecule has 0 aliphatic carbocycles. The van der Waals surface area contributed by atoms with Gasteiger partial charge in [-0.2, -0.15) is 8.42 Å². The molecule has 0 unspecified atom stereocenters. The lowest BCUT2D eigenvalue weighted by molar-refractivity contribution is 0.194. The maximum absolute atomic E-state index is 8.74. The zero-order valence-corrected chi connectivity index (χ0v) is 12.9. The van der Waals surface area contributed by atoms with Gasteiger partial charge in [-0.15, -0.1) is 13.2 Å². The molecule has 0 atom stereocenters. The molecule has 0 saturated carbocycles. The Kier molecular flexibility index (Phi) is 21.2. The molecule has 6 nitrogen and oxygen atoms in total. The van der Waals surface area contributed by atoms with Gasteiger partial charge in [0.2, 0.25) is 0 Å². The summed E-state index contributed by atoms with van der Waals surface area (Å²) in [4.78, 5) is 2.38. The highest BCUT2D eigenvalue weighted by Crippen LogP contribution is 1.81. The van der Waals surface area contributed by atoms with E-state index in [4.69, 9.17) is 22.3 Å². The van der Waals surface area contributed by atoms with Crippen LogP contribution in [0.3, 0.4) is 0 Å². The number of hydrogen-bond donors (Lipinski definition) is 2.